The Morgan fingerprint density at radius 3 is 2.66 bits per heavy atom. The summed E-state index contributed by atoms with van der Waals surface area (Å²) >= 11 is 6.44. The number of alkyl halides is 2. The molecule has 0 unspecified atom stereocenters. The number of anilines is 1. The molecule has 0 saturated heterocycles. The zero-order valence-corrected chi connectivity index (χ0v) is 17.0. The summed E-state index contributed by atoms with van der Waals surface area (Å²) in [7, 11) is 1.35. The minimum atomic E-state index is -3.19. The summed E-state index contributed by atoms with van der Waals surface area (Å²) in [6, 6.07) is 4.30. The third kappa shape index (κ3) is 4.33. The Balaban J connectivity index is 2.05. The van der Waals surface area contributed by atoms with Crippen molar-refractivity contribution in [1.82, 2.24) is 15.2 Å². The number of methoxy groups -OCH3 is 1. The third-order valence-corrected chi connectivity index (χ3v) is 5.15. The lowest BCUT2D eigenvalue weighted by atomic mass is 9.98. The SMILES string of the molecule is COc1ccc(Cl)c(F)c1-c1cc(C)ncc1C(=O)Nc1nnc(C(C)(F)F)s1. The number of hydrogen-bond donors (Lipinski definition) is 1. The molecule has 0 spiro atoms. The van der Waals surface area contributed by atoms with Gasteiger partial charge in [-0.05, 0) is 25.1 Å². The average molecular weight is 443 g/mol. The van der Waals surface area contributed by atoms with Crippen molar-refractivity contribution in [1.29, 1.82) is 0 Å². The van der Waals surface area contributed by atoms with Crippen molar-refractivity contribution in [2.45, 2.75) is 19.8 Å². The lowest BCUT2D eigenvalue weighted by Gasteiger charge is -2.14. The molecule has 0 atom stereocenters. The van der Waals surface area contributed by atoms with Crippen LogP contribution in [0.4, 0.5) is 18.3 Å². The van der Waals surface area contributed by atoms with Crippen LogP contribution in [0.1, 0.15) is 28.0 Å². The number of hydrogen-bond acceptors (Lipinski definition) is 6. The van der Waals surface area contributed by atoms with Crippen molar-refractivity contribution in [2.75, 3.05) is 12.4 Å². The summed E-state index contributed by atoms with van der Waals surface area (Å²) in [5.41, 5.74) is 0.656. The van der Waals surface area contributed by atoms with Crippen LogP contribution in [0.5, 0.6) is 5.75 Å². The first-order valence-corrected chi connectivity index (χ1v) is 9.33. The molecule has 1 N–H and O–H groups in total. The molecule has 0 saturated carbocycles. The van der Waals surface area contributed by atoms with E-state index in [0.717, 1.165) is 0 Å². The number of aryl methyl sites for hydroxylation is 1. The maximum atomic E-state index is 14.8. The molecule has 2 aromatic heterocycles. The summed E-state index contributed by atoms with van der Waals surface area (Å²) in [5.74, 6) is -4.52. The van der Waals surface area contributed by atoms with E-state index in [4.69, 9.17) is 16.3 Å². The topological polar surface area (TPSA) is 77.0 Å². The molecule has 11 heteroatoms. The monoisotopic (exact) mass is 442 g/mol. The van der Waals surface area contributed by atoms with Gasteiger partial charge in [0.1, 0.15) is 5.75 Å². The van der Waals surface area contributed by atoms with Crippen molar-refractivity contribution >= 4 is 34.0 Å². The maximum absolute atomic E-state index is 14.8. The Morgan fingerprint density at radius 1 is 1.31 bits per heavy atom. The van der Waals surface area contributed by atoms with Crippen molar-refractivity contribution in [3.05, 3.63) is 51.5 Å². The number of carbonyl (C=O) groups is 1. The second kappa shape index (κ2) is 7.96. The predicted octanol–water partition coefficient (Wildman–Crippen LogP) is 5.07. The molecule has 6 nitrogen and oxygen atoms in total. The fourth-order valence-corrected chi connectivity index (χ4v) is 3.34. The van der Waals surface area contributed by atoms with Gasteiger partial charge in [0.05, 0.1) is 23.3 Å². The van der Waals surface area contributed by atoms with Gasteiger partial charge in [0.15, 0.2) is 10.8 Å². The van der Waals surface area contributed by atoms with E-state index in [9.17, 15) is 18.0 Å². The van der Waals surface area contributed by atoms with Gasteiger partial charge in [-0.25, -0.2) is 4.39 Å². The van der Waals surface area contributed by atoms with Crippen LogP contribution in [0, 0.1) is 12.7 Å². The number of nitrogens with zero attached hydrogens (tertiary/aromatic N) is 3. The lowest BCUT2D eigenvalue weighted by molar-refractivity contribution is 0.0165. The number of rotatable bonds is 5. The highest BCUT2D eigenvalue weighted by atomic mass is 35.5. The highest BCUT2D eigenvalue weighted by Crippen LogP contribution is 2.38. The number of benzene rings is 1. The van der Waals surface area contributed by atoms with Gasteiger partial charge in [-0.3, -0.25) is 15.1 Å². The first-order valence-electron chi connectivity index (χ1n) is 8.14. The summed E-state index contributed by atoms with van der Waals surface area (Å²) < 4.78 is 46.7. The van der Waals surface area contributed by atoms with Gasteiger partial charge in [-0.1, -0.05) is 22.9 Å². The molecule has 1 aromatic carbocycles. The smallest absolute Gasteiger partial charge is 0.298 e. The minimum absolute atomic E-state index is 0.0184. The highest BCUT2D eigenvalue weighted by Gasteiger charge is 2.30. The molecule has 0 fully saturated rings. The molecule has 0 radical (unpaired) electrons. The van der Waals surface area contributed by atoms with Crippen LogP contribution in [0.25, 0.3) is 11.1 Å². The lowest BCUT2D eigenvalue weighted by Crippen LogP contribution is -2.14. The summed E-state index contributed by atoms with van der Waals surface area (Å²) in [4.78, 5) is 16.8. The second-order valence-electron chi connectivity index (χ2n) is 6.06. The number of aromatic nitrogens is 3. The van der Waals surface area contributed by atoms with Crippen LogP contribution in [-0.2, 0) is 5.92 Å². The first kappa shape index (κ1) is 21.0. The standard InChI is InChI=1S/C18H14ClF3N4O2S/c1-8-6-9(13-12(28-3)5-4-11(19)14(13)20)10(7-23-8)15(27)24-17-26-25-16(29-17)18(2,21)22/h4-7H,1-3H3,(H,24,26,27). The molecule has 29 heavy (non-hydrogen) atoms. The minimum Gasteiger partial charge on any atom is -0.496 e. The molecule has 152 valence electrons. The number of carbonyl (C=O) groups excluding carboxylic acids is 1. The first-order chi connectivity index (χ1) is 13.6. The van der Waals surface area contributed by atoms with Gasteiger partial charge < -0.3 is 4.74 Å². The third-order valence-electron chi connectivity index (χ3n) is 3.85. The predicted molar refractivity (Wildman–Crippen MR) is 103 cm³/mol. The summed E-state index contributed by atoms with van der Waals surface area (Å²) in [6.07, 6.45) is 1.25. The van der Waals surface area contributed by atoms with Crippen LogP contribution >= 0.6 is 22.9 Å². The molecule has 0 aliphatic heterocycles. The van der Waals surface area contributed by atoms with E-state index in [0.29, 0.717) is 24.0 Å². The molecule has 0 aliphatic carbocycles. The molecule has 1 amide bonds. The number of halogens is 4. The van der Waals surface area contributed by atoms with E-state index in [2.05, 4.69) is 20.5 Å². The van der Waals surface area contributed by atoms with Crippen LogP contribution in [0.3, 0.4) is 0 Å². The largest absolute Gasteiger partial charge is 0.496 e. The van der Waals surface area contributed by atoms with Crippen LogP contribution in [0.2, 0.25) is 5.02 Å². The summed E-state index contributed by atoms with van der Waals surface area (Å²) in [5, 5.41) is 8.49. The highest BCUT2D eigenvalue weighted by molar-refractivity contribution is 7.15. The number of nitrogens with one attached hydrogen (secondary N) is 1. The molecular formula is C18H14ClF3N4O2S. The Bertz CT molecular complexity index is 1090. The van der Waals surface area contributed by atoms with E-state index >= 15 is 0 Å². The van der Waals surface area contributed by atoms with E-state index in [1.807, 2.05) is 0 Å². The molecule has 2 heterocycles. The Kier molecular flexibility index (Phi) is 5.76. The molecule has 3 aromatic rings. The molecule has 0 bridgehead atoms. The zero-order chi connectivity index (χ0) is 21.3. The quantitative estimate of drug-likeness (QED) is 0.596. The van der Waals surface area contributed by atoms with Crippen LogP contribution in [-0.4, -0.2) is 28.2 Å². The fraction of sp³-hybridized carbons (Fsp3) is 0.222. The maximum Gasteiger partial charge on any atom is 0.298 e. The average Bonchev–Trinajstić information content (AvgIpc) is 3.12. The van der Waals surface area contributed by atoms with Gasteiger partial charge in [-0.15, -0.1) is 10.2 Å². The molecular weight excluding hydrogens is 429 g/mol. The second-order valence-corrected chi connectivity index (χ2v) is 7.45. The van der Waals surface area contributed by atoms with E-state index in [1.54, 1.807) is 6.92 Å². The van der Waals surface area contributed by atoms with Crippen LogP contribution in [0.15, 0.2) is 24.4 Å². The zero-order valence-electron chi connectivity index (χ0n) is 15.4. The van der Waals surface area contributed by atoms with Gasteiger partial charge in [0.25, 0.3) is 11.8 Å². The molecule has 3 rings (SSSR count). The van der Waals surface area contributed by atoms with Crippen LogP contribution < -0.4 is 10.1 Å². The van der Waals surface area contributed by atoms with Gasteiger partial charge in [-0.2, -0.15) is 8.78 Å². The van der Waals surface area contributed by atoms with E-state index in [-0.39, 0.29) is 32.6 Å². The summed E-state index contributed by atoms with van der Waals surface area (Å²) in [6.45, 7) is 2.34. The van der Waals surface area contributed by atoms with Crippen molar-refractivity contribution in [3.63, 3.8) is 0 Å². The van der Waals surface area contributed by atoms with E-state index < -0.39 is 22.7 Å². The van der Waals surface area contributed by atoms with Crippen molar-refractivity contribution in [3.8, 4) is 16.9 Å². The van der Waals surface area contributed by atoms with Crippen molar-refractivity contribution < 1.29 is 22.7 Å². The Hall–Kier alpha value is -2.72. The van der Waals surface area contributed by atoms with Crippen molar-refractivity contribution in [2.24, 2.45) is 0 Å². The van der Waals surface area contributed by atoms with E-state index in [1.165, 1.54) is 31.5 Å². The van der Waals surface area contributed by atoms with Gasteiger partial charge in [0, 0.05) is 24.4 Å². The van der Waals surface area contributed by atoms with Gasteiger partial charge >= 0.3 is 0 Å². The number of ether oxygens (including phenoxy) is 1. The Morgan fingerprint density at radius 2 is 2.03 bits per heavy atom. The normalized spacial score (nSPS) is 11.4. The van der Waals surface area contributed by atoms with Gasteiger partial charge in [0.2, 0.25) is 5.13 Å². The molecule has 0 aliphatic rings. The number of pyridine rings is 1. The fourth-order valence-electron chi connectivity index (χ4n) is 2.52. The number of amides is 1. The Labute approximate surface area is 172 Å².